The molecule has 1 amide bonds. The molecular formula is C9H10N2O6. The number of nitro groups is 1. The molecule has 1 aromatic rings. The number of aromatic hydroxyl groups is 1. The summed E-state index contributed by atoms with van der Waals surface area (Å²) in [6, 6.07) is 3.34. The Morgan fingerprint density at radius 2 is 2.24 bits per heavy atom. The summed E-state index contributed by atoms with van der Waals surface area (Å²) in [5, 5.41) is 29.2. The smallest absolute Gasteiger partial charge is 0.404 e. The van der Waals surface area contributed by atoms with E-state index in [4.69, 9.17) is 5.73 Å². The number of carbonyl (C=O) groups excluding carboxylic acids is 1. The van der Waals surface area contributed by atoms with Gasteiger partial charge < -0.3 is 20.7 Å². The topological polar surface area (TPSA) is 136 Å². The molecule has 0 unspecified atom stereocenters. The zero-order chi connectivity index (χ0) is 13.0. The van der Waals surface area contributed by atoms with E-state index in [2.05, 4.69) is 4.74 Å². The molecule has 0 aromatic heterocycles. The average Bonchev–Trinajstić information content (AvgIpc) is 2.26. The number of carbonyl (C=O) groups is 1. The van der Waals surface area contributed by atoms with Crippen molar-refractivity contribution in [3.63, 3.8) is 0 Å². The van der Waals surface area contributed by atoms with Gasteiger partial charge in [0.2, 0.25) is 0 Å². The molecule has 0 bridgehead atoms. The monoisotopic (exact) mass is 242 g/mol. The number of primary amides is 1. The quantitative estimate of drug-likeness (QED) is 0.517. The zero-order valence-corrected chi connectivity index (χ0v) is 8.57. The fourth-order valence-corrected chi connectivity index (χ4v) is 1.15. The fraction of sp³-hybridized carbons (Fsp3) is 0.222. The van der Waals surface area contributed by atoms with Crippen molar-refractivity contribution in [2.45, 2.75) is 6.10 Å². The largest absolute Gasteiger partial charge is 0.502 e. The molecule has 0 saturated heterocycles. The highest BCUT2D eigenvalue weighted by Gasteiger charge is 2.18. The van der Waals surface area contributed by atoms with Crippen molar-refractivity contribution in [1.82, 2.24) is 0 Å². The van der Waals surface area contributed by atoms with Gasteiger partial charge in [0.1, 0.15) is 12.7 Å². The summed E-state index contributed by atoms with van der Waals surface area (Å²) >= 11 is 0. The van der Waals surface area contributed by atoms with Crippen LogP contribution in [-0.4, -0.2) is 27.8 Å². The molecule has 0 aliphatic rings. The molecule has 0 fully saturated rings. The van der Waals surface area contributed by atoms with Crippen LogP contribution in [0.4, 0.5) is 10.5 Å². The van der Waals surface area contributed by atoms with Gasteiger partial charge in [-0.1, -0.05) is 6.07 Å². The normalized spacial score (nSPS) is 11.8. The first-order valence-corrected chi connectivity index (χ1v) is 4.49. The van der Waals surface area contributed by atoms with E-state index < -0.39 is 35.2 Å². The Morgan fingerprint density at radius 1 is 1.59 bits per heavy atom. The Hall–Kier alpha value is -2.35. The third-order valence-corrected chi connectivity index (χ3v) is 1.96. The first-order chi connectivity index (χ1) is 7.91. The molecule has 8 nitrogen and oxygen atoms in total. The molecule has 4 N–H and O–H groups in total. The number of aliphatic hydroxyl groups excluding tert-OH is 1. The van der Waals surface area contributed by atoms with Crippen molar-refractivity contribution < 1.29 is 24.7 Å². The maximum Gasteiger partial charge on any atom is 0.404 e. The van der Waals surface area contributed by atoms with E-state index in [1.807, 2.05) is 0 Å². The minimum absolute atomic E-state index is 0.135. The van der Waals surface area contributed by atoms with Gasteiger partial charge in [-0.15, -0.1) is 0 Å². The fourth-order valence-electron chi connectivity index (χ4n) is 1.15. The van der Waals surface area contributed by atoms with Crippen molar-refractivity contribution in [2.24, 2.45) is 5.73 Å². The van der Waals surface area contributed by atoms with E-state index >= 15 is 0 Å². The third kappa shape index (κ3) is 3.31. The van der Waals surface area contributed by atoms with Gasteiger partial charge in [-0.2, -0.15) is 0 Å². The summed E-state index contributed by atoms with van der Waals surface area (Å²) in [5.74, 6) is -0.512. The second-order valence-electron chi connectivity index (χ2n) is 3.15. The lowest BCUT2D eigenvalue weighted by atomic mass is 10.1. The van der Waals surface area contributed by atoms with Gasteiger partial charge in [0.15, 0.2) is 5.75 Å². The Kier molecular flexibility index (Phi) is 3.83. The number of hydrogen-bond donors (Lipinski definition) is 3. The highest BCUT2D eigenvalue weighted by Crippen LogP contribution is 2.28. The molecule has 0 aliphatic heterocycles. The lowest BCUT2D eigenvalue weighted by molar-refractivity contribution is -0.386. The Morgan fingerprint density at radius 3 is 2.76 bits per heavy atom. The van der Waals surface area contributed by atoms with Gasteiger partial charge >= 0.3 is 11.8 Å². The summed E-state index contributed by atoms with van der Waals surface area (Å²) < 4.78 is 4.35. The SMILES string of the molecule is NC(=O)OC[C@H](O)c1ccc(O)c([N+](=O)[O-])c1. The molecule has 17 heavy (non-hydrogen) atoms. The molecule has 0 heterocycles. The number of amides is 1. The van der Waals surface area contributed by atoms with E-state index in [1.165, 1.54) is 6.07 Å². The summed E-state index contributed by atoms with van der Waals surface area (Å²) in [6.07, 6.45) is -2.31. The number of nitrogens with zero attached hydrogens (tertiary/aromatic N) is 1. The summed E-state index contributed by atoms with van der Waals surface area (Å²) in [5.41, 5.74) is 4.29. The molecule has 0 radical (unpaired) electrons. The van der Waals surface area contributed by atoms with Crippen LogP contribution in [-0.2, 0) is 4.74 Å². The maximum atomic E-state index is 10.5. The van der Waals surface area contributed by atoms with Crippen LogP contribution in [0.5, 0.6) is 5.75 Å². The van der Waals surface area contributed by atoms with Crippen LogP contribution < -0.4 is 5.73 Å². The molecule has 0 saturated carbocycles. The van der Waals surface area contributed by atoms with E-state index in [0.29, 0.717) is 0 Å². The standard InChI is InChI=1S/C9H10N2O6/c10-9(14)17-4-8(13)5-1-2-7(12)6(3-5)11(15)16/h1-3,8,12-13H,4H2,(H2,10,14)/t8-/m0/s1. The van der Waals surface area contributed by atoms with Gasteiger partial charge in [0, 0.05) is 6.07 Å². The number of rotatable bonds is 4. The van der Waals surface area contributed by atoms with Crippen LogP contribution in [0.3, 0.4) is 0 Å². The van der Waals surface area contributed by atoms with E-state index in [9.17, 15) is 25.1 Å². The maximum absolute atomic E-state index is 10.5. The van der Waals surface area contributed by atoms with E-state index in [-0.39, 0.29) is 5.56 Å². The van der Waals surface area contributed by atoms with Crippen molar-refractivity contribution in [1.29, 1.82) is 0 Å². The Labute approximate surface area is 95.4 Å². The zero-order valence-electron chi connectivity index (χ0n) is 8.57. The van der Waals surface area contributed by atoms with Crippen LogP contribution in [0.25, 0.3) is 0 Å². The molecule has 0 spiro atoms. The van der Waals surface area contributed by atoms with Crippen LogP contribution >= 0.6 is 0 Å². The minimum Gasteiger partial charge on any atom is -0.502 e. The highest BCUT2D eigenvalue weighted by molar-refractivity contribution is 5.64. The number of aliphatic hydroxyl groups is 1. The van der Waals surface area contributed by atoms with Gasteiger partial charge in [0.05, 0.1) is 4.92 Å². The Bertz CT molecular complexity index is 447. The molecule has 1 atom stereocenters. The van der Waals surface area contributed by atoms with Crippen LogP contribution in [0.2, 0.25) is 0 Å². The summed E-state index contributed by atoms with van der Waals surface area (Å²) in [6.45, 7) is -0.419. The summed E-state index contributed by atoms with van der Waals surface area (Å²) in [7, 11) is 0. The van der Waals surface area contributed by atoms with Gasteiger partial charge in [-0.25, -0.2) is 4.79 Å². The average molecular weight is 242 g/mol. The number of ether oxygens (including phenoxy) is 1. The lowest BCUT2D eigenvalue weighted by Crippen LogP contribution is -2.17. The molecular weight excluding hydrogens is 232 g/mol. The minimum atomic E-state index is -1.25. The number of phenols is 1. The van der Waals surface area contributed by atoms with Crippen molar-refractivity contribution in [3.8, 4) is 5.75 Å². The second-order valence-corrected chi connectivity index (χ2v) is 3.15. The van der Waals surface area contributed by atoms with Crippen LogP contribution in [0, 0.1) is 10.1 Å². The van der Waals surface area contributed by atoms with Gasteiger partial charge in [-0.05, 0) is 11.6 Å². The molecule has 92 valence electrons. The number of nitrogens with two attached hydrogens (primary N) is 1. The third-order valence-electron chi connectivity index (χ3n) is 1.96. The molecule has 8 heteroatoms. The first kappa shape index (κ1) is 12.7. The predicted molar refractivity (Wildman–Crippen MR) is 55.3 cm³/mol. The van der Waals surface area contributed by atoms with Gasteiger partial charge in [0.25, 0.3) is 0 Å². The van der Waals surface area contributed by atoms with Crippen LogP contribution in [0.15, 0.2) is 18.2 Å². The number of hydrogen-bond acceptors (Lipinski definition) is 6. The predicted octanol–water partition coefficient (Wildman–Crippen LogP) is 0.429. The number of nitro benzene ring substituents is 1. The van der Waals surface area contributed by atoms with Crippen molar-refractivity contribution in [3.05, 3.63) is 33.9 Å². The van der Waals surface area contributed by atoms with E-state index in [0.717, 1.165) is 12.1 Å². The molecule has 1 aromatic carbocycles. The molecule has 0 aliphatic carbocycles. The van der Waals surface area contributed by atoms with Gasteiger partial charge in [-0.3, -0.25) is 10.1 Å². The van der Waals surface area contributed by atoms with Crippen LogP contribution in [0.1, 0.15) is 11.7 Å². The highest BCUT2D eigenvalue weighted by atomic mass is 16.6. The lowest BCUT2D eigenvalue weighted by Gasteiger charge is -2.10. The van der Waals surface area contributed by atoms with Crippen molar-refractivity contribution >= 4 is 11.8 Å². The van der Waals surface area contributed by atoms with E-state index in [1.54, 1.807) is 0 Å². The first-order valence-electron chi connectivity index (χ1n) is 4.49. The molecule has 1 rings (SSSR count). The number of benzene rings is 1. The Balaban J connectivity index is 2.87. The number of phenolic OH excluding ortho intramolecular Hbond substituents is 1. The van der Waals surface area contributed by atoms with Crippen molar-refractivity contribution in [2.75, 3.05) is 6.61 Å². The second kappa shape index (κ2) is 5.12. The summed E-state index contributed by atoms with van der Waals surface area (Å²) in [4.78, 5) is 20.0.